The van der Waals surface area contributed by atoms with Crippen molar-refractivity contribution in [2.45, 2.75) is 39.2 Å². The third-order valence-electron chi connectivity index (χ3n) is 9.12. The van der Waals surface area contributed by atoms with E-state index in [1.54, 1.807) is 29.2 Å². The number of piperazine rings is 1. The topological polar surface area (TPSA) is 137 Å². The number of nitrogens with two attached hydrogens (primary N) is 1. The Morgan fingerprint density at radius 3 is 2.36 bits per heavy atom. The molecule has 0 radical (unpaired) electrons. The first kappa shape index (κ1) is 25.2. The van der Waals surface area contributed by atoms with Gasteiger partial charge in [-0.2, -0.15) is 4.31 Å². The van der Waals surface area contributed by atoms with Gasteiger partial charge in [0.2, 0.25) is 10.0 Å². The molecule has 1 amide bonds. The number of sulfonamides is 1. The van der Waals surface area contributed by atoms with Crippen LogP contribution in [-0.4, -0.2) is 86.5 Å². The third kappa shape index (κ3) is 4.10. The number of amides is 1. The number of amidine groups is 1. The lowest BCUT2D eigenvalue weighted by atomic mass is 9.70. The van der Waals surface area contributed by atoms with Crippen LogP contribution in [0.1, 0.15) is 38.7 Å². The number of rotatable bonds is 7. The van der Waals surface area contributed by atoms with Crippen molar-refractivity contribution < 1.29 is 22.7 Å². The van der Waals surface area contributed by atoms with Crippen LogP contribution in [-0.2, 0) is 19.6 Å². The molecular formula is C25H35N5O5S. The van der Waals surface area contributed by atoms with E-state index in [1.807, 2.05) is 0 Å². The van der Waals surface area contributed by atoms with E-state index < -0.39 is 21.5 Å². The average molecular weight is 518 g/mol. The quantitative estimate of drug-likeness (QED) is 0.414. The molecule has 1 aromatic carbocycles. The van der Waals surface area contributed by atoms with E-state index in [0.717, 1.165) is 6.42 Å². The third-order valence-corrected chi connectivity index (χ3v) is 11.1. The molecule has 196 valence electrons. The van der Waals surface area contributed by atoms with E-state index in [0.29, 0.717) is 63.4 Å². The maximum absolute atomic E-state index is 13.4. The van der Waals surface area contributed by atoms with Crippen LogP contribution in [0.4, 0.5) is 10.5 Å². The number of anilines is 1. The van der Waals surface area contributed by atoms with E-state index in [9.17, 15) is 18.0 Å². The first-order chi connectivity index (χ1) is 16.9. The molecular weight excluding hydrogens is 482 g/mol. The summed E-state index contributed by atoms with van der Waals surface area (Å²) < 4.78 is 33.9. The maximum Gasteiger partial charge on any atom is 0.414 e. The minimum Gasteiger partial charge on any atom is -0.443 e. The van der Waals surface area contributed by atoms with Gasteiger partial charge in [0.25, 0.3) is 0 Å². The monoisotopic (exact) mass is 517 g/mol. The van der Waals surface area contributed by atoms with Crippen LogP contribution in [0.3, 0.4) is 0 Å². The molecule has 2 saturated carbocycles. The van der Waals surface area contributed by atoms with Gasteiger partial charge in [0.15, 0.2) is 0 Å². The highest BCUT2D eigenvalue weighted by molar-refractivity contribution is 7.89. The number of Topliss-reactive ketones (excluding diaryl/α,β-unsaturated/α-hetero) is 1. The highest BCUT2D eigenvalue weighted by Crippen LogP contribution is 2.64. The van der Waals surface area contributed by atoms with E-state index >= 15 is 0 Å². The van der Waals surface area contributed by atoms with E-state index in [2.05, 4.69) is 18.7 Å². The molecule has 0 spiro atoms. The van der Waals surface area contributed by atoms with Crippen LogP contribution in [0, 0.1) is 22.2 Å². The Morgan fingerprint density at radius 1 is 1.14 bits per heavy atom. The van der Waals surface area contributed by atoms with Gasteiger partial charge in [-0.3, -0.25) is 20.0 Å². The van der Waals surface area contributed by atoms with Crippen LogP contribution >= 0.6 is 0 Å². The largest absolute Gasteiger partial charge is 0.443 e. The first-order valence-electron chi connectivity index (χ1n) is 12.6. The number of carbonyl (C=O) groups excluding carboxylic acids is 2. The van der Waals surface area contributed by atoms with Crippen molar-refractivity contribution >= 4 is 33.4 Å². The number of benzene rings is 1. The van der Waals surface area contributed by atoms with Crippen LogP contribution in [0.5, 0.6) is 0 Å². The molecule has 36 heavy (non-hydrogen) atoms. The fourth-order valence-electron chi connectivity index (χ4n) is 6.64. The number of nitrogens with one attached hydrogen (secondary N) is 1. The summed E-state index contributed by atoms with van der Waals surface area (Å²) in [7, 11) is -3.56. The smallest absolute Gasteiger partial charge is 0.414 e. The minimum atomic E-state index is -3.56. The molecule has 1 aromatic rings. The lowest BCUT2D eigenvalue weighted by molar-refractivity contribution is -0.128. The van der Waals surface area contributed by atoms with Crippen molar-refractivity contribution in [1.82, 2.24) is 9.21 Å². The zero-order valence-electron chi connectivity index (χ0n) is 20.9. The normalized spacial score (nSPS) is 30.7. The van der Waals surface area contributed by atoms with Gasteiger partial charge in [0.05, 0.1) is 12.3 Å². The second kappa shape index (κ2) is 8.81. The van der Waals surface area contributed by atoms with Gasteiger partial charge in [-0.1, -0.05) is 13.8 Å². The Balaban J connectivity index is 1.16. The van der Waals surface area contributed by atoms with Gasteiger partial charge in [-0.15, -0.1) is 0 Å². The SMILES string of the molecule is CC1(C)C2CC[C@@]1(CS(=O)(=O)N1CCN(CC3CN(c4ccc(C(=N)N)cc4)C(=O)O3)CC1)C(=O)C2. The van der Waals surface area contributed by atoms with Gasteiger partial charge in [-0.25, -0.2) is 13.2 Å². The number of hydrogen-bond acceptors (Lipinski definition) is 7. The number of ketones is 1. The number of fused-ring (bicyclic) bond motifs is 2. The molecule has 4 fully saturated rings. The van der Waals surface area contributed by atoms with Crippen molar-refractivity contribution in [2.75, 3.05) is 49.9 Å². The van der Waals surface area contributed by atoms with E-state index in [-0.39, 0.29) is 34.8 Å². The molecule has 5 rings (SSSR count). The molecule has 2 saturated heterocycles. The Labute approximate surface area is 212 Å². The molecule has 10 nitrogen and oxygen atoms in total. The summed E-state index contributed by atoms with van der Waals surface area (Å²) in [6, 6.07) is 6.88. The predicted octanol–water partition coefficient (Wildman–Crippen LogP) is 1.64. The molecule has 11 heteroatoms. The van der Waals surface area contributed by atoms with Crippen molar-refractivity contribution in [3.63, 3.8) is 0 Å². The molecule has 3 atom stereocenters. The van der Waals surface area contributed by atoms with Gasteiger partial charge >= 0.3 is 6.09 Å². The number of nitrogen functional groups attached to an aromatic ring is 1. The zero-order valence-corrected chi connectivity index (χ0v) is 21.7. The standard InChI is InChI=1S/C25H35N5O5S/c1-24(2)18-7-8-25(24,21(31)13-18)16-36(33,34)29-11-9-28(10-12-29)14-20-15-30(23(32)35-20)19-5-3-17(4-6-19)22(26)27/h3-6,18,20H,7-16H2,1-2H3,(H3,26,27)/t18?,20?,25-/m1/s1. The summed E-state index contributed by atoms with van der Waals surface area (Å²) in [4.78, 5) is 29.0. The van der Waals surface area contributed by atoms with Crippen LogP contribution < -0.4 is 10.6 Å². The highest BCUT2D eigenvalue weighted by Gasteiger charge is 2.65. The fraction of sp³-hybridized carbons (Fsp3) is 0.640. The average Bonchev–Trinajstić information content (AvgIpc) is 3.36. The maximum atomic E-state index is 13.4. The van der Waals surface area contributed by atoms with Gasteiger partial charge in [0, 0.05) is 55.8 Å². The second-order valence-corrected chi connectivity index (χ2v) is 13.2. The van der Waals surface area contributed by atoms with E-state index in [4.69, 9.17) is 15.9 Å². The molecule has 2 heterocycles. The summed E-state index contributed by atoms with van der Waals surface area (Å²) in [6.45, 7) is 6.89. The molecule has 0 aromatic heterocycles. The van der Waals surface area contributed by atoms with Crippen molar-refractivity contribution in [3.8, 4) is 0 Å². The molecule has 4 aliphatic rings. The number of nitrogens with zero attached hydrogens (tertiary/aromatic N) is 3. The first-order valence-corrected chi connectivity index (χ1v) is 14.2. The summed E-state index contributed by atoms with van der Waals surface area (Å²) in [5.41, 5.74) is 5.74. The Bertz CT molecular complexity index is 1180. The lowest BCUT2D eigenvalue weighted by Gasteiger charge is -2.40. The number of cyclic esters (lactones) is 1. The molecule has 2 aliphatic carbocycles. The van der Waals surface area contributed by atoms with Gasteiger partial charge in [-0.05, 0) is 48.4 Å². The number of hydrogen-bond donors (Lipinski definition) is 2. The zero-order chi connectivity index (χ0) is 25.9. The lowest BCUT2D eigenvalue weighted by Crippen LogP contribution is -2.53. The molecule has 2 bridgehead atoms. The predicted molar refractivity (Wildman–Crippen MR) is 135 cm³/mol. The van der Waals surface area contributed by atoms with Crippen LogP contribution in [0.25, 0.3) is 0 Å². The number of carbonyl (C=O) groups is 2. The van der Waals surface area contributed by atoms with Crippen LogP contribution in [0.2, 0.25) is 0 Å². The summed E-state index contributed by atoms with van der Waals surface area (Å²) in [6.07, 6.45) is 1.37. The van der Waals surface area contributed by atoms with Crippen LogP contribution in [0.15, 0.2) is 24.3 Å². The van der Waals surface area contributed by atoms with Crippen molar-refractivity contribution in [2.24, 2.45) is 22.5 Å². The van der Waals surface area contributed by atoms with Crippen molar-refractivity contribution in [1.29, 1.82) is 5.41 Å². The van der Waals surface area contributed by atoms with E-state index in [1.165, 1.54) is 4.31 Å². The Morgan fingerprint density at radius 2 is 1.81 bits per heavy atom. The summed E-state index contributed by atoms with van der Waals surface area (Å²) >= 11 is 0. The summed E-state index contributed by atoms with van der Waals surface area (Å²) in [5.74, 6) is 0.294. The fourth-order valence-corrected chi connectivity index (χ4v) is 8.84. The molecule has 2 aliphatic heterocycles. The van der Waals surface area contributed by atoms with Crippen molar-refractivity contribution in [3.05, 3.63) is 29.8 Å². The van der Waals surface area contributed by atoms with Gasteiger partial charge < -0.3 is 10.5 Å². The Kier molecular flexibility index (Phi) is 6.16. The Hall–Kier alpha value is -2.50. The highest BCUT2D eigenvalue weighted by atomic mass is 32.2. The summed E-state index contributed by atoms with van der Waals surface area (Å²) in [5, 5.41) is 7.50. The molecule has 3 N–H and O–H groups in total. The number of ether oxygens (including phenoxy) is 1. The molecule has 2 unspecified atom stereocenters. The second-order valence-electron chi connectivity index (χ2n) is 11.2. The van der Waals surface area contributed by atoms with Gasteiger partial charge in [0.1, 0.15) is 17.7 Å². The minimum absolute atomic E-state index is 0.0322.